The van der Waals surface area contributed by atoms with E-state index in [1.165, 1.54) is 6.07 Å². The molecule has 0 amide bonds. The van der Waals surface area contributed by atoms with Crippen LogP contribution in [0.2, 0.25) is 0 Å². The average molecular weight is 488 g/mol. The Bertz CT molecular complexity index is 936. The summed E-state index contributed by atoms with van der Waals surface area (Å²) in [6.45, 7) is 3.20. The number of carbonyl (C=O) groups excluding carboxylic acids is 1. The van der Waals surface area contributed by atoms with Gasteiger partial charge in [-0.2, -0.15) is 13.2 Å². The second-order valence-electron chi connectivity index (χ2n) is 10.6. The largest absolute Gasteiger partial charge is 0.416 e. The van der Waals surface area contributed by atoms with Crippen LogP contribution in [0.4, 0.5) is 13.2 Å². The first-order valence-electron chi connectivity index (χ1n) is 12.0. The van der Waals surface area contributed by atoms with E-state index in [4.69, 9.17) is 5.73 Å². The molecular weight excluding hydrogens is 451 g/mol. The lowest BCUT2D eigenvalue weighted by atomic mass is 9.69. The lowest BCUT2D eigenvalue weighted by Crippen LogP contribution is -2.38. The summed E-state index contributed by atoms with van der Waals surface area (Å²) in [5.41, 5.74) is 5.15. The quantitative estimate of drug-likeness (QED) is 0.468. The van der Waals surface area contributed by atoms with E-state index in [0.29, 0.717) is 18.8 Å². The minimum atomic E-state index is -4.58. The molecule has 0 bridgehead atoms. The van der Waals surface area contributed by atoms with Crippen LogP contribution in [0.1, 0.15) is 83.6 Å². The minimum Gasteiger partial charge on any atom is -0.327 e. The van der Waals surface area contributed by atoms with Crippen LogP contribution in [0.5, 0.6) is 0 Å². The second-order valence-corrected chi connectivity index (χ2v) is 13.2. The average Bonchev–Trinajstić information content (AvgIpc) is 2.71. The molecule has 0 heterocycles. The number of halogens is 3. The lowest BCUT2D eigenvalue weighted by Gasteiger charge is -2.40. The predicted octanol–water partition coefficient (Wildman–Crippen LogP) is 5.93. The fraction of sp³-hybridized carbons (Fsp3) is 0.720. The van der Waals surface area contributed by atoms with E-state index in [1.54, 1.807) is 13.8 Å². The van der Waals surface area contributed by atoms with Gasteiger partial charge in [-0.25, -0.2) is 8.42 Å². The summed E-state index contributed by atoms with van der Waals surface area (Å²) >= 11 is 0. The molecule has 0 saturated heterocycles. The molecule has 33 heavy (non-hydrogen) atoms. The number of alkyl halides is 3. The van der Waals surface area contributed by atoms with Crippen molar-refractivity contribution in [3.8, 4) is 0 Å². The van der Waals surface area contributed by atoms with E-state index in [1.807, 2.05) is 0 Å². The minimum absolute atomic E-state index is 0.000314. The number of carbonyl (C=O) groups is 1. The molecule has 3 rings (SSSR count). The number of Topliss-reactive ketones (excluding diaryl/α,β-unsaturated/α-hetero) is 1. The van der Waals surface area contributed by atoms with Gasteiger partial charge in [0.2, 0.25) is 0 Å². The molecule has 0 radical (unpaired) electrons. The topological polar surface area (TPSA) is 77.2 Å². The van der Waals surface area contributed by atoms with Gasteiger partial charge in [-0.3, -0.25) is 4.79 Å². The van der Waals surface area contributed by atoms with E-state index in [9.17, 15) is 26.4 Å². The third-order valence-electron chi connectivity index (χ3n) is 7.58. The molecule has 0 aliphatic heterocycles. The number of sulfone groups is 1. The van der Waals surface area contributed by atoms with Crippen LogP contribution in [0, 0.1) is 17.8 Å². The van der Waals surface area contributed by atoms with Crippen molar-refractivity contribution < 1.29 is 26.4 Å². The molecule has 0 spiro atoms. The molecule has 4 nitrogen and oxygen atoms in total. The molecule has 8 heteroatoms. The maximum absolute atomic E-state index is 13.1. The standard InChI is InChI=1S/C25H36F3NO3S/c1-24(2,33(31,32)20-9-6-8-19(15-20)25(26,27)28)16-18-13-17(14-18)7-5-12-23(30)21-10-3-4-11-22(21)29/h6,8-9,15,17-18,21-22H,3-5,7,10-14,16,29H2,1-2H3/t17?,18?,21-,22-/m1/s1. The zero-order valence-corrected chi connectivity index (χ0v) is 20.4. The maximum Gasteiger partial charge on any atom is 0.416 e. The van der Waals surface area contributed by atoms with Crippen LogP contribution >= 0.6 is 0 Å². The third-order valence-corrected chi connectivity index (χ3v) is 10.1. The Morgan fingerprint density at radius 2 is 1.76 bits per heavy atom. The summed E-state index contributed by atoms with van der Waals surface area (Å²) in [7, 11) is -3.91. The van der Waals surface area contributed by atoms with Crippen molar-refractivity contribution in [3.63, 3.8) is 0 Å². The summed E-state index contributed by atoms with van der Waals surface area (Å²) in [5, 5.41) is 0. The number of nitrogens with two attached hydrogens (primary N) is 1. The monoisotopic (exact) mass is 487 g/mol. The highest BCUT2D eigenvalue weighted by Gasteiger charge is 2.42. The van der Waals surface area contributed by atoms with E-state index >= 15 is 0 Å². The Hall–Kier alpha value is -1.41. The van der Waals surface area contributed by atoms with Crippen LogP contribution in [-0.4, -0.2) is 25.0 Å². The van der Waals surface area contributed by atoms with Crippen molar-refractivity contribution in [2.75, 3.05) is 0 Å². The number of benzene rings is 1. The summed E-state index contributed by atoms with van der Waals surface area (Å²) in [5.74, 6) is 1.00. The molecule has 2 saturated carbocycles. The highest BCUT2D eigenvalue weighted by Crippen LogP contribution is 2.44. The SMILES string of the molecule is CC(C)(CC1CC(CCCC(=O)[C@@H]2CCCC[C@H]2N)C1)S(=O)(=O)c1cccc(C(F)(F)F)c1. The molecular formula is C25H36F3NO3S. The van der Waals surface area contributed by atoms with Crippen LogP contribution in [0.3, 0.4) is 0 Å². The Labute approximate surface area is 195 Å². The molecule has 0 unspecified atom stereocenters. The van der Waals surface area contributed by atoms with Crippen LogP contribution in [0.25, 0.3) is 0 Å². The van der Waals surface area contributed by atoms with E-state index in [2.05, 4.69) is 0 Å². The molecule has 2 fully saturated rings. The van der Waals surface area contributed by atoms with Crippen molar-refractivity contribution in [3.05, 3.63) is 29.8 Å². The zero-order valence-electron chi connectivity index (χ0n) is 19.5. The summed E-state index contributed by atoms with van der Waals surface area (Å²) < 4.78 is 64.1. The normalized spacial score (nSPS) is 26.6. The number of hydrogen-bond acceptors (Lipinski definition) is 4. The van der Waals surface area contributed by atoms with Crippen molar-refractivity contribution in [2.45, 2.75) is 99.9 Å². The summed E-state index contributed by atoms with van der Waals surface area (Å²) in [6, 6.07) is 4.00. The van der Waals surface area contributed by atoms with Gasteiger partial charge in [-0.1, -0.05) is 25.3 Å². The predicted molar refractivity (Wildman–Crippen MR) is 122 cm³/mol. The Morgan fingerprint density at radius 3 is 2.39 bits per heavy atom. The third kappa shape index (κ3) is 6.18. The highest BCUT2D eigenvalue weighted by atomic mass is 32.2. The molecule has 2 N–H and O–H groups in total. The van der Waals surface area contributed by atoms with Crippen LogP contribution in [0.15, 0.2) is 29.2 Å². The van der Waals surface area contributed by atoms with Crippen molar-refractivity contribution in [1.82, 2.24) is 0 Å². The zero-order chi connectivity index (χ0) is 24.4. The van der Waals surface area contributed by atoms with Crippen LogP contribution < -0.4 is 5.73 Å². The Kier molecular flexibility index (Phi) is 7.99. The number of hydrogen-bond donors (Lipinski definition) is 1. The first-order valence-corrected chi connectivity index (χ1v) is 13.5. The summed E-state index contributed by atoms with van der Waals surface area (Å²) in [4.78, 5) is 12.2. The molecule has 2 atom stereocenters. The first kappa shape index (κ1) is 26.2. The lowest BCUT2D eigenvalue weighted by molar-refractivity contribution is -0.137. The molecule has 1 aromatic rings. The van der Waals surface area contributed by atoms with Gasteiger partial charge in [-0.15, -0.1) is 0 Å². The Morgan fingerprint density at radius 1 is 1.09 bits per heavy atom. The van der Waals surface area contributed by atoms with Gasteiger partial charge < -0.3 is 5.73 Å². The fourth-order valence-electron chi connectivity index (χ4n) is 5.55. The van der Waals surface area contributed by atoms with E-state index < -0.39 is 26.3 Å². The smallest absolute Gasteiger partial charge is 0.327 e. The van der Waals surface area contributed by atoms with Gasteiger partial charge in [0.05, 0.1) is 15.2 Å². The molecule has 186 valence electrons. The molecule has 1 aromatic carbocycles. The van der Waals surface area contributed by atoms with Gasteiger partial charge in [0.15, 0.2) is 9.84 Å². The van der Waals surface area contributed by atoms with Gasteiger partial charge in [0.1, 0.15) is 5.78 Å². The van der Waals surface area contributed by atoms with Crippen LogP contribution in [-0.2, 0) is 20.8 Å². The van der Waals surface area contributed by atoms with Crippen molar-refractivity contribution >= 4 is 15.6 Å². The van der Waals surface area contributed by atoms with Gasteiger partial charge in [0, 0.05) is 18.4 Å². The molecule has 2 aliphatic carbocycles. The second kappa shape index (κ2) is 10.1. The van der Waals surface area contributed by atoms with E-state index in [-0.39, 0.29) is 28.6 Å². The van der Waals surface area contributed by atoms with E-state index in [0.717, 1.165) is 69.6 Å². The molecule has 2 aliphatic rings. The van der Waals surface area contributed by atoms with Gasteiger partial charge >= 0.3 is 6.18 Å². The number of rotatable bonds is 9. The Balaban J connectivity index is 1.47. The molecule has 0 aromatic heterocycles. The summed E-state index contributed by atoms with van der Waals surface area (Å²) in [6.07, 6.45) is 4.00. The van der Waals surface area contributed by atoms with Gasteiger partial charge in [0.25, 0.3) is 0 Å². The van der Waals surface area contributed by atoms with Crippen molar-refractivity contribution in [2.24, 2.45) is 23.5 Å². The first-order chi connectivity index (χ1) is 15.3. The number of ketones is 1. The van der Waals surface area contributed by atoms with Crippen molar-refractivity contribution in [1.29, 1.82) is 0 Å². The van der Waals surface area contributed by atoms with Gasteiger partial charge in [-0.05, 0) is 82.4 Å². The highest BCUT2D eigenvalue weighted by molar-refractivity contribution is 7.92. The maximum atomic E-state index is 13.1. The fourth-order valence-corrected chi connectivity index (χ4v) is 7.18.